The van der Waals surface area contributed by atoms with Gasteiger partial charge < -0.3 is 9.47 Å². The Labute approximate surface area is 146 Å². The van der Waals surface area contributed by atoms with Gasteiger partial charge in [0.25, 0.3) is 6.43 Å². The lowest BCUT2D eigenvalue weighted by Gasteiger charge is -2.08. The number of alkyl halides is 2. The number of halogens is 2. The monoisotopic (exact) mass is 360 g/mol. The van der Waals surface area contributed by atoms with Crippen LogP contribution in [0.1, 0.15) is 26.0 Å². The standard InChI is InChI=1S/C18H14F2N2O4/c1-10(23)25-13-5-3-12(4-6-13)22-17(18(19)20)15-9-14(26-11(2)24)7-8-16(15)21-22/h3-9,18H,1-2H3. The molecule has 0 saturated heterocycles. The van der Waals surface area contributed by atoms with Crippen molar-refractivity contribution in [1.82, 2.24) is 9.78 Å². The maximum absolute atomic E-state index is 13.7. The maximum atomic E-state index is 13.7. The zero-order valence-corrected chi connectivity index (χ0v) is 13.9. The first-order chi connectivity index (χ1) is 12.3. The summed E-state index contributed by atoms with van der Waals surface area (Å²) in [6.45, 7) is 2.50. The Bertz CT molecular complexity index is 981. The first kappa shape index (κ1) is 17.5. The highest BCUT2D eigenvalue weighted by molar-refractivity contribution is 5.85. The molecule has 0 saturated carbocycles. The van der Waals surface area contributed by atoms with Gasteiger partial charge in [-0.05, 0) is 42.5 Å². The molecule has 0 aliphatic heterocycles. The highest BCUT2D eigenvalue weighted by Gasteiger charge is 2.21. The molecule has 134 valence electrons. The molecule has 2 aromatic carbocycles. The van der Waals surface area contributed by atoms with Crippen LogP contribution in [0.3, 0.4) is 0 Å². The molecular formula is C18H14F2N2O4. The van der Waals surface area contributed by atoms with E-state index in [9.17, 15) is 18.4 Å². The molecule has 0 atom stereocenters. The average molecular weight is 360 g/mol. The number of esters is 2. The van der Waals surface area contributed by atoms with Gasteiger partial charge in [0, 0.05) is 19.2 Å². The number of hydrogen-bond donors (Lipinski definition) is 0. The summed E-state index contributed by atoms with van der Waals surface area (Å²) in [4.78, 5) is 22.0. The predicted octanol–water partition coefficient (Wildman–Crippen LogP) is 3.81. The van der Waals surface area contributed by atoms with Gasteiger partial charge in [-0.25, -0.2) is 13.5 Å². The molecule has 0 aliphatic carbocycles. The molecule has 8 heteroatoms. The van der Waals surface area contributed by atoms with Crippen LogP contribution in [0.4, 0.5) is 8.78 Å². The lowest BCUT2D eigenvalue weighted by Crippen LogP contribution is -2.04. The number of carbonyl (C=O) groups is 2. The minimum atomic E-state index is -2.80. The van der Waals surface area contributed by atoms with E-state index >= 15 is 0 Å². The van der Waals surface area contributed by atoms with Crippen LogP contribution in [0, 0.1) is 0 Å². The number of ether oxygens (including phenoxy) is 2. The van der Waals surface area contributed by atoms with Gasteiger partial charge in [-0.15, -0.1) is 0 Å². The minimum absolute atomic E-state index is 0.164. The summed E-state index contributed by atoms with van der Waals surface area (Å²) in [7, 11) is 0. The zero-order valence-electron chi connectivity index (χ0n) is 13.9. The second-order valence-electron chi connectivity index (χ2n) is 5.46. The number of nitrogens with zero attached hydrogens (tertiary/aromatic N) is 2. The van der Waals surface area contributed by atoms with E-state index in [2.05, 4.69) is 5.10 Å². The third-order valence-electron chi connectivity index (χ3n) is 3.49. The van der Waals surface area contributed by atoms with Crippen LogP contribution < -0.4 is 9.47 Å². The normalized spacial score (nSPS) is 11.0. The molecule has 3 rings (SSSR count). The third-order valence-corrected chi connectivity index (χ3v) is 3.49. The molecule has 0 bridgehead atoms. The van der Waals surface area contributed by atoms with E-state index in [-0.39, 0.29) is 16.8 Å². The molecule has 0 fully saturated rings. The predicted molar refractivity (Wildman–Crippen MR) is 88.6 cm³/mol. The van der Waals surface area contributed by atoms with Crippen molar-refractivity contribution in [3.05, 3.63) is 48.2 Å². The molecule has 0 amide bonds. The summed E-state index contributed by atoms with van der Waals surface area (Å²) in [5, 5.41) is 4.39. The fourth-order valence-corrected chi connectivity index (χ4v) is 2.54. The quantitative estimate of drug-likeness (QED) is 0.523. The van der Waals surface area contributed by atoms with Crippen molar-refractivity contribution in [3.63, 3.8) is 0 Å². The summed E-state index contributed by atoms with van der Waals surface area (Å²) in [5.41, 5.74) is 0.385. The Kier molecular flexibility index (Phi) is 4.66. The second-order valence-corrected chi connectivity index (χ2v) is 5.46. The summed E-state index contributed by atoms with van der Waals surface area (Å²) < 4.78 is 38.4. The number of benzene rings is 2. The lowest BCUT2D eigenvalue weighted by atomic mass is 10.2. The smallest absolute Gasteiger partial charge is 0.308 e. The first-order valence-corrected chi connectivity index (χ1v) is 7.63. The van der Waals surface area contributed by atoms with Gasteiger partial charge >= 0.3 is 11.9 Å². The summed E-state index contributed by atoms with van der Waals surface area (Å²) >= 11 is 0. The van der Waals surface area contributed by atoms with Gasteiger partial charge in [0.05, 0.1) is 11.2 Å². The highest BCUT2D eigenvalue weighted by Crippen LogP contribution is 2.32. The van der Waals surface area contributed by atoms with Gasteiger partial charge in [-0.3, -0.25) is 9.59 Å². The number of fused-ring (bicyclic) bond motifs is 1. The topological polar surface area (TPSA) is 70.4 Å². The van der Waals surface area contributed by atoms with Crippen molar-refractivity contribution in [2.24, 2.45) is 0 Å². The van der Waals surface area contributed by atoms with E-state index in [4.69, 9.17) is 9.47 Å². The van der Waals surface area contributed by atoms with Gasteiger partial charge in [0.2, 0.25) is 0 Å². The van der Waals surface area contributed by atoms with Crippen LogP contribution in [0.2, 0.25) is 0 Å². The maximum Gasteiger partial charge on any atom is 0.308 e. The Morgan fingerprint density at radius 2 is 1.54 bits per heavy atom. The summed E-state index contributed by atoms with van der Waals surface area (Å²) in [5.74, 6) is -0.560. The summed E-state index contributed by atoms with van der Waals surface area (Å²) in [6.07, 6.45) is -2.80. The minimum Gasteiger partial charge on any atom is -0.427 e. The molecule has 0 spiro atoms. The molecule has 26 heavy (non-hydrogen) atoms. The first-order valence-electron chi connectivity index (χ1n) is 7.63. The fourth-order valence-electron chi connectivity index (χ4n) is 2.54. The van der Waals surface area contributed by atoms with E-state index < -0.39 is 18.4 Å². The Morgan fingerprint density at radius 1 is 0.962 bits per heavy atom. The van der Waals surface area contributed by atoms with Gasteiger partial charge in [-0.2, -0.15) is 5.10 Å². The SMILES string of the molecule is CC(=O)Oc1ccc(-n2nc3ccc(OC(C)=O)cc3c2C(F)F)cc1. The molecular weight excluding hydrogens is 346 g/mol. The van der Waals surface area contributed by atoms with E-state index in [0.29, 0.717) is 17.0 Å². The van der Waals surface area contributed by atoms with Crippen molar-refractivity contribution in [1.29, 1.82) is 0 Å². The van der Waals surface area contributed by atoms with Gasteiger partial charge in [-0.1, -0.05) is 0 Å². The van der Waals surface area contributed by atoms with E-state index in [1.54, 1.807) is 0 Å². The number of aromatic nitrogens is 2. The van der Waals surface area contributed by atoms with Crippen LogP contribution in [-0.4, -0.2) is 21.7 Å². The van der Waals surface area contributed by atoms with Crippen LogP contribution in [-0.2, 0) is 9.59 Å². The molecule has 0 unspecified atom stereocenters. The largest absolute Gasteiger partial charge is 0.427 e. The second kappa shape index (κ2) is 6.91. The molecule has 3 aromatic rings. The van der Waals surface area contributed by atoms with Crippen LogP contribution >= 0.6 is 0 Å². The van der Waals surface area contributed by atoms with Gasteiger partial charge in [0.1, 0.15) is 17.2 Å². The van der Waals surface area contributed by atoms with E-state index in [0.717, 1.165) is 4.68 Å². The van der Waals surface area contributed by atoms with Crippen molar-refractivity contribution in [2.45, 2.75) is 20.3 Å². The van der Waals surface area contributed by atoms with Crippen molar-refractivity contribution >= 4 is 22.8 Å². The Hall–Kier alpha value is -3.29. The van der Waals surface area contributed by atoms with Crippen molar-refractivity contribution in [3.8, 4) is 17.2 Å². The Morgan fingerprint density at radius 3 is 2.12 bits per heavy atom. The molecule has 0 N–H and O–H groups in total. The summed E-state index contributed by atoms with van der Waals surface area (Å²) in [6, 6.07) is 10.4. The Balaban J connectivity index is 2.08. The average Bonchev–Trinajstić information content (AvgIpc) is 2.93. The molecule has 6 nitrogen and oxygen atoms in total. The fraction of sp³-hybridized carbons (Fsp3) is 0.167. The van der Waals surface area contributed by atoms with Crippen LogP contribution in [0.15, 0.2) is 42.5 Å². The van der Waals surface area contributed by atoms with Crippen molar-refractivity contribution < 1.29 is 27.8 Å². The number of carbonyl (C=O) groups excluding carboxylic acids is 2. The zero-order chi connectivity index (χ0) is 18.8. The third kappa shape index (κ3) is 3.53. The van der Waals surface area contributed by atoms with E-state index in [1.165, 1.54) is 56.3 Å². The lowest BCUT2D eigenvalue weighted by molar-refractivity contribution is -0.132. The number of rotatable bonds is 4. The molecule has 0 aliphatic rings. The molecule has 1 heterocycles. The molecule has 1 aromatic heterocycles. The molecule has 0 radical (unpaired) electrons. The van der Waals surface area contributed by atoms with Gasteiger partial charge in [0.15, 0.2) is 0 Å². The van der Waals surface area contributed by atoms with E-state index in [1.807, 2.05) is 0 Å². The van der Waals surface area contributed by atoms with Crippen LogP contribution in [0.25, 0.3) is 16.6 Å². The highest BCUT2D eigenvalue weighted by atomic mass is 19.3. The van der Waals surface area contributed by atoms with Crippen LogP contribution in [0.5, 0.6) is 11.5 Å². The number of hydrogen-bond acceptors (Lipinski definition) is 5. The van der Waals surface area contributed by atoms with Crippen molar-refractivity contribution in [2.75, 3.05) is 0 Å².